The zero-order valence-corrected chi connectivity index (χ0v) is 19.2. The van der Waals surface area contributed by atoms with Gasteiger partial charge in [0.05, 0.1) is 16.1 Å². The van der Waals surface area contributed by atoms with Crippen LogP contribution in [0.15, 0.2) is 84.4 Å². The van der Waals surface area contributed by atoms with Crippen LogP contribution in [0.5, 0.6) is 11.5 Å². The number of nitrogens with zero attached hydrogens (tertiary/aromatic N) is 3. The molecule has 1 amide bonds. The molecule has 2 aromatic heterocycles. The molecule has 2 N–H and O–H groups in total. The monoisotopic (exact) mass is 491 g/mol. The van der Waals surface area contributed by atoms with E-state index in [0.29, 0.717) is 30.5 Å². The molecule has 0 atom stereocenters. The molecule has 2 aromatic carbocycles. The number of hydrogen-bond acceptors (Lipinski definition) is 7. The molecule has 1 aliphatic rings. The van der Waals surface area contributed by atoms with E-state index in [4.69, 9.17) is 9.47 Å². The normalized spacial score (nSPS) is 12.7. The van der Waals surface area contributed by atoms with E-state index in [2.05, 4.69) is 20.0 Å². The number of carbonyl (C=O) groups is 1. The molecule has 0 radical (unpaired) electrons. The number of pyridine rings is 1. The van der Waals surface area contributed by atoms with Gasteiger partial charge in [-0.15, -0.1) is 0 Å². The molecule has 0 unspecified atom stereocenters. The van der Waals surface area contributed by atoms with Crippen LogP contribution in [0.25, 0.3) is 5.82 Å². The van der Waals surface area contributed by atoms with E-state index in [-0.39, 0.29) is 22.7 Å². The zero-order valence-electron chi connectivity index (χ0n) is 18.4. The highest BCUT2D eigenvalue weighted by Crippen LogP contribution is 2.33. The SMILES string of the molecule is O=C(NCc1ccc(-n2ccnc2)nc1)c1ccccc1NS(=O)(=O)c1ccc2c(c1)OCCO2. The second-order valence-electron chi connectivity index (χ2n) is 7.63. The van der Waals surface area contributed by atoms with E-state index in [1.807, 2.05) is 12.1 Å². The molecule has 35 heavy (non-hydrogen) atoms. The highest BCUT2D eigenvalue weighted by molar-refractivity contribution is 7.92. The lowest BCUT2D eigenvalue weighted by molar-refractivity contribution is 0.0952. The smallest absolute Gasteiger partial charge is 0.262 e. The van der Waals surface area contributed by atoms with Crippen LogP contribution in [0, 0.1) is 0 Å². The first kappa shape index (κ1) is 22.4. The first-order valence-corrected chi connectivity index (χ1v) is 12.2. The van der Waals surface area contributed by atoms with Crippen molar-refractivity contribution in [3.05, 3.63) is 90.6 Å². The average molecular weight is 492 g/mol. The Morgan fingerprint density at radius 3 is 2.63 bits per heavy atom. The summed E-state index contributed by atoms with van der Waals surface area (Å²) in [5.41, 5.74) is 1.14. The van der Waals surface area contributed by atoms with Gasteiger partial charge in [-0.1, -0.05) is 18.2 Å². The van der Waals surface area contributed by atoms with Crippen LogP contribution in [0.4, 0.5) is 5.69 Å². The number of ether oxygens (including phenoxy) is 2. The number of anilines is 1. The third-order valence-electron chi connectivity index (χ3n) is 5.27. The van der Waals surface area contributed by atoms with Crippen LogP contribution in [0.1, 0.15) is 15.9 Å². The Morgan fingerprint density at radius 2 is 1.86 bits per heavy atom. The first-order chi connectivity index (χ1) is 17.0. The lowest BCUT2D eigenvalue weighted by atomic mass is 10.1. The molecule has 0 bridgehead atoms. The molecule has 0 aliphatic carbocycles. The van der Waals surface area contributed by atoms with Gasteiger partial charge in [0, 0.05) is 31.2 Å². The highest BCUT2D eigenvalue weighted by Gasteiger charge is 2.21. The Labute approximate surface area is 201 Å². The minimum absolute atomic E-state index is 0.000942. The summed E-state index contributed by atoms with van der Waals surface area (Å²) in [7, 11) is -3.98. The van der Waals surface area contributed by atoms with Gasteiger partial charge in [0.1, 0.15) is 25.4 Å². The fraction of sp³-hybridized carbons (Fsp3) is 0.125. The summed E-state index contributed by atoms with van der Waals surface area (Å²) in [6.45, 7) is 0.971. The summed E-state index contributed by atoms with van der Waals surface area (Å²) in [6.07, 6.45) is 6.75. The van der Waals surface area contributed by atoms with E-state index < -0.39 is 15.9 Å². The molecule has 10 nitrogen and oxygen atoms in total. The number of para-hydroxylation sites is 1. The van der Waals surface area contributed by atoms with Crippen molar-refractivity contribution >= 4 is 21.6 Å². The van der Waals surface area contributed by atoms with Gasteiger partial charge in [0.15, 0.2) is 11.5 Å². The summed E-state index contributed by atoms with van der Waals surface area (Å²) < 4.78 is 41.2. The van der Waals surface area contributed by atoms with Crippen LogP contribution < -0.4 is 19.5 Å². The molecular weight excluding hydrogens is 470 g/mol. The van der Waals surface area contributed by atoms with E-state index in [1.54, 1.807) is 53.8 Å². The number of aromatic nitrogens is 3. The predicted octanol–water partition coefficient (Wildman–Crippen LogP) is 2.77. The number of carbonyl (C=O) groups excluding carboxylic acids is 1. The van der Waals surface area contributed by atoms with Crippen molar-refractivity contribution in [1.29, 1.82) is 0 Å². The van der Waals surface area contributed by atoms with Gasteiger partial charge in [-0.3, -0.25) is 14.1 Å². The topological polar surface area (TPSA) is 124 Å². The number of benzene rings is 2. The minimum Gasteiger partial charge on any atom is -0.486 e. The van der Waals surface area contributed by atoms with E-state index in [9.17, 15) is 13.2 Å². The predicted molar refractivity (Wildman–Crippen MR) is 127 cm³/mol. The summed E-state index contributed by atoms with van der Waals surface area (Å²) in [4.78, 5) is 21.2. The number of sulfonamides is 1. The van der Waals surface area contributed by atoms with Crippen molar-refractivity contribution in [2.45, 2.75) is 11.4 Å². The highest BCUT2D eigenvalue weighted by atomic mass is 32.2. The quantitative estimate of drug-likeness (QED) is 0.407. The Bertz CT molecular complexity index is 1450. The molecule has 4 aromatic rings. The number of rotatable bonds is 7. The Hall–Kier alpha value is -4.38. The van der Waals surface area contributed by atoms with Crippen LogP contribution in [-0.2, 0) is 16.6 Å². The average Bonchev–Trinajstić information content (AvgIpc) is 3.42. The maximum atomic E-state index is 13.0. The van der Waals surface area contributed by atoms with Crippen molar-refractivity contribution in [2.24, 2.45) is 0 Å². The fourth-order valence-corrected chi connectivity index (χ4v) is 4.61. The first-order valence-electron chi connectivity index (χ1n) is 10.7. The van der Waals surface area contributed by atoms with E-state index >= 15 is 0 Å². The largest absolute Gasteiger partial charge is 0.486 e. The minimum atomic E-state index is -3.98. The third kappa shape index (κ3) is 4.94. The Balaban J connectivity index is 1.29. The second kappa shape index (κ2) is 9.47. The lowest BCUT2D eigenvalue weighted by Crippen LogP contribution is -2.25. The van der Waals surface area contributed by atoms with Crippen molar-refractivity contribution in [3.8, 4) is 17.3 Å². The van der Waals surface area contributed by atoms with Crippen LogP contribution in [0.3, 0.4) is 0 Å². The second-order valence-corrected chi connectivity index (χ2v) is 9.32. The number of imidazole rings is 1. The van der Waals surface area contributed by atoms with Gasteiger partial charge in [0.2, 0.25) is 0 Å². The van der Waals surface area contributed by atoms with Crippen molar-refractivity contribution in [3.63, 3.8) is 0 Å². The molecule has 0 spiro atoms. The van der Waals surface area contributed by atoms with Gasteiger partial charge in [-0.05, 0) is 35.9 Å². The molecule has 0 fully saturated rings. The molecule has 1 aliphatic heterocycles. The Kier molecular flexibility index (Phi) is 6.06. The van der Waals surface area contributed by atoms with E-state index in [1.165, 1.54) is 18.2 Å². The Morgan fingerprint density at radius 1 is 1.03 bits per heavy atom. The van der Waals surface area contributed by atoms with Crippen molar-refractivity contribution in [1.82, 2.24) is 19.9 Å². The van der Waals surface area contributed by atoms with Gasteiger partial charge in [-0.25, -0.2) is 18.4 Å². The number of fused-ring (bicyclic) bond motifs is 1. The van der Waals surface area contributed by atoms with Gasteiger partial charge in [-0.2, -0.15) is 0 Å². The van der Waals surface area contributed by atoms with Crippen LogP contribution in [0.2, 0.25) is 0 Å². The summed E-state index contributed by atoms with van der Waals surface area (Å²) in [5, 5.41) is 2.81. The maximum absolute atomic E-state index is 13.0. The maximum Gasteiger partial charge on any atom is 0.262 e. The molecular formula is C24H21N5O5S. The summed E-state index contributed by atoms with van der Waals surface area (Å²) in [5.74, 6) is 1.13. The zero-order chi connectivity index (χ0) is 24.3. The van der Waals surface area contributed by atoms with Crippen LogP contribution >= 0.6 is 0 Å². The fourth-order valence-electron chi connectivity index (χ4n) is 3.51. The molecule has 11 heteroatoms. The lowest BCUT2D eigenvalue weighted by Gasteiger charge is -2.19. The summed E-state index contributed by atoms with van der Waals surface area (Å²) >= 11 is 0. The van der Waals surface area contributed by atoms with Crippen molar-refractivity contribution < 1.29 is 22.7 Å². The summed E-state index contributed by atoms with van der Waals surface area (Å²) in [6, 6.07) is 14.4. The molecule has 178 valence electrons. The molecule has 0 saturated carbocycles. The standard InChI is InChI=1S/C24H21N5O5S/c30-24(27-15-17-5-8-23(26-14-17)29-10-9-25-16-29)19-3-1-2-4-20(19)28-35(31,32)18-6-7-21-22(13-18)34-12-11-33-21/h1-10,13-14,16,28H,11-12,15H2,(H,27,30). The van der Waals surface area contributed by atoms with Gasteiger partial charge >= 0.3 is 0 Å². The number of nitrogens with one attached hydrogen (secondary N) is 2. The number of hydrogen-bond donors (Lipinski definition) is 2. The molecule has 5 rings (SSSR count). The molecule has 0 saturated heterocycles. The van der Waals surface area contributed by atoms with Gasteiger partial charge in [0.25, 0.3) is 15.9 Å². The van der Waals surface area contributed by atoms with E-state index in [0.717, 1.165) is 5.56 Å². The van der Waals surface area contributed by atoms with Crippen LogP contribution in [-0.4, -0.2) is 42.1 Å². The number of amides is 1. The van der Waals surface area contributed by atoms with Gasteiger partial charge < -0.3 is 14.8 Å². The van der Waals surface area contributed by atoms with Crippen molar-refractivity contribution in [2.75, 3.05) is 17.9 Å². The third-order valence-corrected chi connectivity index (χ3v) is 6.63. The molecule has 3 heterocycles.